The first-order chi connectivity index (χ1) is 12.8. The standard InChI is InChI=1S/C20H28ClN3O2/c21-17-11-16-12-18(1-4-24-5-9-26-10-6-24)23-20(16)19(13-17)22-14-15-2-7-25-8-3-15/h11-13,15,22-23H,1-10,14H2. The topological polar surface area (TPSA) is 49.5 Å². The summed E-state index contributed by atoms with van der Waals surface area (Å²) in [7, 11) is 0. The highest BCUT2D eigenvalue weighted by molar-refractivity contribution is 6.31. The maximum Gasteiger partial charge on any atom is 0.0692 e. The fourth-order valence-electron chi connectivity index (χ4n) is 3.85. The number of halogens is 1. The Morgan fingerprint density at radius 1 is 1.08 bits per heavy atom. The lowest BCUT2D eigenvalue weighted by Crippen LogP contribution is -2.37. The van der Waals surface area contributed by atoms with Crippen LogP contribution >= 0.6 is 11.6 Å². The molecule has 2 N–H and O–H groups in total. The second-order valence-electron chi connectivity index (χ2n) is 7.35. The molecular formula is C20H28ClN3O2. The van der Waals surface area contributed by atoms with Crippen molar-refractivity contribution in [2.45, 2.75) is 19.3 Å². The van der Waals surface area contributed by atoms with E-state index in [4.69, 9.17) is 21.1 Å². The number of H-pyrrole nitrogens is 1. The number of morpholine rings is 1. The molecule has 2 aliphatic heterocycles. The van der Waals surface area contributed by atoms with E-state index in [0.29, 0.717) is 5.92 Å². The van der Waals surface area contributed by atoms with E-state index in [0.717, 1.165) is 82.6 Å². The third-order valence-corrected chi connectivity index (χ3v) is 5.69. The predicted octanol–water partition coefficient (Wildman–Crippen LogP) is 3.53. The van der Waals surface area contributed by atoms with Gasteiger partial charge in [0.05, 0.1) is 24.4 Å². The number of ether oxygens (including phenoxy) is 2. The molecule has 3 heterocycles. The zero-order valence-electron chi connectivity index (χ0n) is 15.2. The molecular weight excluding hydrogens is 350 g/mol. The monoisotopic (exact) mass is 377 g/mol. The van der Waals surface area contributed by atoms with Gasteiger partial charge in [0.2, 0.25) is 0 Å². The van der Waals surface area contributed by atoms with Crippen LogP contribution in [0, 0.1) is 5.92 Å². The number of hydrogen-bond acceptors (Lipinski definition) is 4. The molecule has 26 heavy (non-hydrogen) atoms. The van der Waals surface area contributed by atoms with Crippen LogP contribution in [0.25, 0.3) is 10.9 Å². The third-order valence-electron chi connectivity index (χ3n) is 5.47. The maximum atomic E-state index is 6.36. The quantitative estimate of drug-likeness (QED) is 0.808. The maximum absolute atomic E-state index is 6.36. The van der Waals surface area contributed by atoms with Crippen LogP contribution < -0.4 is 5.32 Å². The largest absolute Gasteiger partial charge is 0.383 e. The Morgan fingerprint density at radius 2 is 1.85 bits per heavy atom. The lowest BCUT2D eigenvalue weighted by Gasteiger charge is -2.26. The van der Waals surface area contributed by atoms with Crippen molar-refractivity contribution in [1.82, 2.24) is 9.88 Å². The van der Waals surface area contributed by atoms with Crippen LogP contribution in [-0.4, -0.2) is 62.5 Å². The van der Waals surface area contributed by atoms with Gasteiger partial charge < -0.3 is 19.8 Å². The molecule has 0 amide bonds. The van der Waals surface area contributed by atoms with Crippen LogP contribution in [0.4, 0.5) is 5.69 Å². The van der Waals surface area contributed by atoms with Gasteiger partial charge in [-0.15, -0.1) is 0 Å². The minimum atomic E-state index is 0.675. The molecule has 1 aromatic carbocycles. The third kappa shape index (κ3) is 4.52. The molecule has 0 bridgehead atoms. The van der Waals surface area contributed by atoms with E-state index >= 15 is 0 Å². The van der Waals surface area contributed by atoms with E-state index in [9.17, 15) is 0 Å². The lowest BCUT2D eigenvalue weighted by atomic mass is 10.0. The van der Waals surface area contributed by atoms with Gasteiger partial charge >= 0.3 is 0 Å². The number of aromatic nitrogens is 1. The van der Waals surface area contributed by atoms with Crippen molar-refractivity contribution in [3.8, 4) is 0 Å². The highest BCUT2D eigenvalue weighted by Gasteiger charge is 2.15. The van der Waals surface area contributed by atoms with Crippen molar-refractivity contribution in [3.05, 3.63) is 28.9 Å². The van der Waals surface area contributed by atoms with E-state index in [-0.39, 0.29) is 0 Å². The average molecular weight is 378 g/mol. The smallest absolute Gasteiger partial charge is 0.0692 e. The predicted molar refractivity (Wildman–Crippen MR) is 106 cm³/mol. The van der Waals surface area contributed by atoms with E-state index < -0.39 is 0 Å². The van der Waals surface area contributed by atoms with Crippen molar-refractivity contribution >= 4 is 28.2 Å². The van der Waals surface area contributed by atoms with Crippen molar-refractivity contribution in [2.75, 3.05) is 57.9 Å². The summed E-state index contributed by atoms with van der Waals surface area (Å²) in [4.78, 5) is 6.08. The van der Waals surface area contributed by atoms with Crippen molar-refractivity contribution in [1.29, 1.82) is 0 Å². The minimum Gasteiger partial charge on any atom is -0.383 e. The van der Waals surface area contributed by atoms with Gasteiger partial charge in [-0.2, -0.15) is 0 Å². The summed E-state index contributed by atoms with van der Waals surface area (Å²) in [5.41, 5.74) is 3.54. The first-order valence-corrected chi connectivity index (χ1v) is 10.1. The molecule has 5 nitrogen and oxygen atoms in total. The summed E-state index contributed by atoms with van der Waals surface area (Å²) in [5.74, 6) is 0.675. The van der Waals surface area contributed by atoms with Crippen LogP contribution in [0.2, 0.25) is 5.02 Å². The van der Waals surface area contributed by atoms with Crippen LogP contribution in [-0.2, 0) is 15.9 Å². The first-order valence-electron chi connectivity index (χ1n) is 9.71. The molecule has 2 aromatic rings. The molecule has 2 aliphatic rings. The molecule has 0 unspecified atom stereocenters. The average Bonchev–Trinajstić information content (AvgIpc) is 3.09. The Labute approximate surface area is 160 Å². The molecule has 0 aliphatic carbocycles. The molecule has 2 fully saturated rings. The van der Waals surface area contributed by atoms with Gasteiger partial charge in [0.25, 0.3) is 0 Å². The molecule has 4 rings (SSSR count). The van der Waals surface area contributed by atoms with Crippen LogP contribution in [0.3, 0.4) is 0 Å². The number of benzene rings is 1. The number of hydrogen-bond donors (Lipinski definition) is 2. The molecule has 0 saturated carbocycles. The Kier molecular flexibility index (Phi) is 6.00. The zero-order valence-corrected chi connectivity index (χ0v) is 16.0. The lowest BCUT2D eigenvalue weighted by molar-refractivity contribution is 0.0383. The number of fused-ring (bicyclic) bond motifs is 1. The Morgan fingerprint density at radius 3 is 2.65 bits per heavy atom. The zero-order chi connectivity index (χ0) is 17.8. The van der Waals surface area contributed by atoms with E-state index in [1.807, 2.05) is 12.1 Å². The molecule has 0 radical (unpaired) electrons. The molecule has 0 spiro atoms. The normalized spacial score (nSPS) is 19.9. The summed E-state index contributed by atoms with van der Waals surface area (Å²) in [5, 5.41) is 5.59. The van der Waals surface area contributed by atoms with Crippen molar-refractivity contribution < 1.29 is 9.47 Å². The summed E-state index contributed by atoms with van der Waals surface area (Å²) >= 11 is 6.36. The summed E-state index contributed by atoms with van der Waals surface area (Å²) in [6.07, 6.45) is 3.28. The van der Waals surface area contributed by atoms with Crippen LogP contribution in [0.1, 0.15) is 18.5 Å². The fourth-order valence-corrected chi connectivity index (χ4v) is 4.07. The first kappa shape index (κ1) is 18.1. The fraction of sp³-hybridized carbons (Fsp3) is 0.600. The second-order valence-corrected chi connectivity index (χ2v) is 7.79. The van der Waals surface area contributed by atoms with Gasteiger partial charge in [-0.25, -0.2) is 0 Å². The van der Waals surface area contributed by atoms with E-state index in [1.165, 1.54) is 16.6 Å². The minimum absolute atomic E-state index is 0.675. The number of anilines is 1. The highest BCUT2D eigenvalue weighted by atomic mass is 35.5. The van der Waals surface area contributed by atoms with Gasteiger partial charge in [-0.1, -0.05) is 11.6 Å². The van der Waals surface area contributed by atoms with Gasteiger partial charge in [0.1, 0.15) is 0 Å². The van der Waals surface area contributed by atoms with Crippen LogP contribution in [0.5, 0.6) is 0 Å². The highest BCUT2D eigenvalue weighted by Crippen LogP contribution is 2.29. The number of nitrogens with zero attached hydrogens (tertiary/aromatic N) is 1. The Balaban J connectivity index is 1.43. The van der Waals surface area contributed by atoms with E-state index in [1.54, 1.807) is 0 Å². The van der Waals surface area contributed by atoms with Crippen molar-refractivity contribution in [3.63, 3.8) is 0 Å². The van der Waals surface area contributed by atoms with Gasteiger partial charge in [-0.05, 0) is 37.0 Å². The summed E-state index contributed by atoms with van der Waals surface area (Å²) in [6, 6.07) is 6.32. The molecule has 2 saturated heterocycles. The second kappa shape index (κ2) is 8.61. The van der Waals surface area contributed by atoms with Gasteiger partial charge in [0.15, 0.2) is 0 Å². The molecule has 142 valence electrons. The number of aromatic amines is 1. The Hall–Kier alpha value is -1.27. The number of rotatable bonds is 6. The summed E-state index contributed by atoms with van der Waals surface area (Å²) in [6.45, 7) is 7.56. The van der Waals surface area contributed by atoms with E-state index in [2.05, 4.69) is 21.3 Å². The molecule has 1 aromatic heterocycles. The Bertz CT molecular complexity index is 721. The SMILES string of the molecule is Clc1cc(NCC2CCOCC2)c2[nH]c(CCN3CCOCC3)cc2c1. The van der Waals surface area contributed by atoms with Gasteiger partial charge in [0, 0.05) is 61.9 Å². The van der Waals surface area contributed by atoms with Crippen molar-refractivity contribution in [2.24, 2.45) is 5.92 Å². The molecule has 0 atom stereocenters. The van der Waals surface area contributed by atoms with Gasteiger partial charge in [-0.3, -0.25) is 4.90 Å². The number of nitrogens with one attached hydrogen (secondary N) is 2. The van der Waals surface area contributed by atoms with Crippen LogP contribution in [0.15, 0.2) is 18.2 Å². The molecule has 6 heteroatoms. The summed E-state index contributed by atoms with van der Waals surface area (Å²) < 4.78 is 10.9.